The first-order valence-electron chi connectivity index (χ1n) is 9.15. The standard InChI is InChI=1S/C21H23Cl3N2O2S/c1-3-25-21(28)14(2)26(11-16-6-9-18(23)19(24)10-16)20(27)13-29-12-15-4-7-17(22)8-5-15/h4-10,14H,3,11-13H2,1-2H3,(H,25,28)/t14-/m1/s1. The zero-order valence-electron chi connectivity index (χ0n) is 16.3. The van der Waals surface area contributed by atoms with Crippen LogP contribution in [0.1, 0.15) is 25.0 Å². The van der Waals surface area contributed by atoms with Crippen molar-refractivity contribution in [2.24, 2.45) is 0 Å². The fourth-order valence-corrected chi connectivity index (χ4v) is 3.98. The second-order valence-corrected chi connectivity index (χ2v) is 8.70. The summed E-state index contributed by atoms with van der Waals surface area (Å²) in [5.41, 5.74) is 1.90. The van der Waals surface area contributed by atoms with Gasteiger partial charge in [0.25, 0.3) is 0 Å². The molecule has 0 aromatic heterocycles. The second kappa shape index (κ2) is 11.7. The van der Waals surface area contributed by atoms with Crippen molar-refractivity contribution >= 4 is 58.4 Å². The van der Waals surface area contributed by atoms with Crippen LogP contribution in [-0.4, -0.2) is 35.1 Å². The number of rotatable bonds is 9. The van der Waals surface area contributed by atoms with Crippen molar-refractivity contribution in [3.8, 4) is 0 Å². The summed E-state index contributed by atoms with van der Waals surface area (Å²) in [6.45, 7) is 4.35. The van der Waals surface area contributed by atoms with Crippen molar-refractivity contribution in [3.63, 3.8) is 0 Å². The normalized spacial score (nSPS) is 11.8. The van der Waals surface area contributed by atoms with E-state index in [1.165, 1.54) is 11.8 Å². The van der Waals surface area contributed by atoms with Crippen molar-refractivity contribution in [1.82, 2.24) is 10.2 Å². The number of likely N-dealkylation sites (N-methyl/N-ethyl adjacent to an activating group) is 1. The molecule has 0 radical (unpaired) electrons. The number of carbonyl (C=O) groups is 2. The Morgan fingerprint density at radius 3 is 2.31 bits per heavy atom. The van der Waals surface area contributed by atoms with Gasteiger partial charge < -0.3 is 10.2 Å². The highest BCUT2D eigenvalue weighted by Crippen LogP contribution is 2.24. The summed E-state index contributed by atoms with van der Waals surface area (Å²) in [6, 6.07) is 12.1. The molecule has 2 aromatic carbocycles. The molecular formula is C21H23Cl3N2O2S. The van der Waals surface area contributed by atoms with E-state index in [-0.39, 0.29) is 24.1 Å². The molecule has 0 saturated heterocycles. The molecule has 0 bridgehead atoms. The van der Waals surface area contributed by atoms with Crippen LogP contribution in [0.2, 0.25) is 15.1 Å². The van der Waals surface area contributed by atoms with Gasteiger partial charge in [-0.3, -0.25) is 9.59 Å². The van der Waals surface area contributed by atoms with Crippen molar-refractivity contribution in [2.75, 3.05) is 12.3 Å². The fourth-order valence-electron chi connectivity index (χ4n) is 2.66. The van der Waals surface area contributed by atoms with Gasteiger partial charge in [0.1, 0.15) is 6.04 Å². The lowest BCUT2D eigenvalue weighted by atomic mass is 10.1. The van der Waals surface area contributed by atoms with Crippen LogP contribution in [0.25, 0.3) is 0 Å². The average Bonchev–Trinajstić information content (AvgIpc) is 2.69. The summed E-state index contributed by atoms with van der Waals surface area (Å²) in [4.78, 5) is 26.9. The molecule has 156 valence electrons. The van der Waals surface area contributed by atoms with E-state index in [0.29, 0.717) is 27.4 Å². The minimum atomic E-state index is -0.604. The van der Waals surface area contributed by atoms with Crippen LogP contribution in [0.4, 0.5) is 0 Å². The van der Waals surface area contributed by atoms with Gasteiger partial charge in [-0.1, -0.05) is 53.0 Å². The van der Waals surface area contributed by atoms with Crippen molar-refractivity contribution in [3.05, 3.63) is 68.7 Å². The van der Waals surface area contributed by atoms with E-state index in [2.05, 4.69) is 5.32 Å². The van der Waals surface area contributed by atoms with Crippen LogP contribution >= 0.6 is 46.6 Å². The molecule has 2 aromatic rings. The molecule has 0 fully saturated rings. The average molecular weight is 474 g/mol. The maximum atomic E-state index is 12.9. The zero-order chi connectivity index (χ0) is 21.4. The van der Waals surface area contributed by atoms with E-state index >= 15 is 0 Å². The first-order chi connectivity index (χ1) is 13.8. The Bertz CT molecular complexity index is 846. The first-order valence-corrected chi connectivity index (χ1v) is 11.4. The highest BCUT2D eigenvalue weighted by atomic mass is 35.5. The van der Waals surface area contributed by atoms with Gasteiger partial charge in [-0.05, 0) is 49.2 Å². The Hall–Kier alpha value is -1.40. The molecule has 0 aliphatic carbocycles. The smallest absolute Gasteiger partial charge is 0.242 e. The van der Waals surface area contributed by atoms with Crippen LogP contribution in [-0.2, 0) is 21.9 Å². The van der Waals surface area contributed by atoms with Crippen LogP contribution < -0.4 is 5.32 Å². The number of amides is 2. The summed E-state index contributed by atoms with van der Waals surface area (Å²) >= 11 is 19.5. The quantitative estimate of drug-likeness (QED) is 0.528. The van der Waals surface area contributed by atoms with E-state index in [9.17, 15) is 9.59 Å². The number of nitrogens with zero attached hydrogens (tertiary/aromatic N) is 1. The van der Waals surface area contributed by atoms with E-state index in [0.717, 1.165) is 11.1 Å². The number of hydrogen-bond acceptors (Lipinski definition) is 3. The van der Waals surface area contributed by atoms with Crippen molar-refractivity contribution in [2.45, 2.75) is 32.2 Å². The predicted molar refractivity (Wildman–Crippen MR) is 123 cm³/mol. The second-order valence-electron chi connectivity index (χ2n) is 6.46. The van der Waals surface area contributed by atoms with Gasteiger partial charge in [-0.2, -0.15) is 0 Å². The molecule has 4 nitrogen and oxygen atoms in total. The van der Waals surface area contributed by atoms with Gasteiger partial charge in [0.2, 0.25) is 11.8 Å². The molecule has 1 N–H and O–H groups in total. The summed E-state index contributed by atoms with van der Waals surface area (Å²) in [6.07, 6.45) is 0. The molecule has 0 spiro atoms. The third kappa shape index (κ3) is 7.41. The Kier molecular flexibility index (Phi) is 9.63. The summed E-state index contributed by atoms with van der Waals surface area (Å²) in [7, 11) is 0. The topological polar surface area (TPSA) is 49.4 Å². The number of benzene rings is 2. The lowest BCUT2D eigenvalue weighted by Gasteiger charge is -2.28. The minimum Gasteiger partial charge on any atom is -0.355 e. The molecule has 0 heterocycles. The van der Waals surface area contributed by atoms with Gasteiger partial charge in [0, 0.05) is 23.9 Å². The predicted octanol–water partition coefficient (Wildman–Crippen LogP) is 5.43. The van der Waals surface area contributed by atoms with Gasteiger partial charge in [0.05, 0.1) is 15.8 Å². The van der Waals surface area contributed by atoms with Gasteiger partial charge in [0.15, 0.2) is 0 Å². The minimum absolute atomic E-state index is 0.117. The van der Waals surface area contributed by atoms with Gasteiger partial charge in [-0.15, -0.1) is 11.8 Å². The summed E-state index contributed by atoms with van der Waals surface area (Å²) in [5.74, 6) is 0.629. The van der Waals surface area contributed by atoms with Crippen LogP contribution in [0.3, 0.4) is 0 Å². The molecule has 2 rings (SSSR count). The van der Waals surface area contributed by atoms with E-state index in [1.807, 2.05) is 31.2 Å². The molecule has 8 heteroatoms. The SMILES string of the molecule is CCNC(=O)[C@@H](C)N(Cc1ccc(Cl)c(Cl)c1)C(=O)CSCc1ccc(Cl)cc1. The van der Waals surface area contributed by atoms with Crippen LogP contribution in [0.15, 0.2) is 42.5 Å². The van der Waals surface area contributed by atoms with E-state index in [4.69, 9.17) is 34.8 Å². The Labute approximate surface area is 190 Å². The Morgan fingerprint density at radius 2 is 1.69 bits per heavy atom. The molecule has 29 heavy (non-hydrogen) atoms. The highest BCUT2D eigenvalue weighted by molar-refractivity contribution is 7.99. The maximum Gasteiger partial charge on any atom is 0.242 e. The van der Waals surface area contributed by atoms with Gasteiger partial charge in [-0.25, -0.2) is 0 Å². The highest BCUT2D eigenvalue weighted by Gasteiger charge is 2.25. The maximum absolute atomic E-state index is 12.9. The van der Waals surface area contributed by atoms with Crippen LogP contribution in [0.5, 0.6) is 0 Å². The van der Waals surface area contributed by atoms with E-state index in [1.54, 1.807) is 30.0 Å². The molecule has 0 aliphatic heterocycles. The molecule has 1 atom stereocenters. The van der Waals surface area contributed by atoms with Gasteiger partial charge >= 0.3 is 0 Å². The molecular weight excluding hydrogens is 451 g/mol. The van der Waals surface area contributed by atoms with Crippen molar-refractivity contribution < 1.29 is 9.59 Å². The summed E-state index contributed by atoms with van der Waals surface area (Å²) < 4.78 is 0. The van der Waals surface area contributed by atoms with Crippen molar-refractivity contribution in [1.29, 1.82) is 0 Å². The lowest BCUT2D eigenvalue weighted by molar-refractivity contribution is -0.138. The summed E-state index contributed by atoms with van der Waals surface area (Å²) in [5, 5.41) is 4.32. The molecule has 0 saturated carbocycles. The van der Waals surface area contributed by atoms with E-state index < -0.39 is 6.04 Å². The lowest BCUT2D eigenvalue weighted by Crippen LogP contribution is -2.48. The third-order valence-corrected chi connectivity index (χ3v) is 6.24. The monoisotopic (exact) mass is 472 g/mol. The molecule has 0 unspecified atom stereocenters. The molecule has 2 amide bonds. The number of nitrogens with one attached hydrogen (secondary N) is 1. The Balaban J connectivity index is 2.07. The Morgan fingerprint density at radius 1 is 1.03 bits per heavy atom. The zero-order valence-corrected chi connectivity index (χ0v) is 19.3. The number of hydrogen-bond donors (Lipinski definition) is 1. The largest absolute Gasteiger partial charge is 0.355 e. The number of carbonyl (C=O) groups excluding carboxylic acids is 2. The molecule has 0 aliphatic rings. The third-order valence-electron chi connectivity index (χ3n) is 4.26. The number of thioether (sulfide) groups is 1. The van der Waals surface area contributed by atoms with Crippen LogP contribution in [0, 0.1) is 0 Å². The first kappa shape index (κ1) is 23.9. The fraction of sp³-hybridized carbons (Fsp3) is 0.333. The number of halogens is 3.